The Morgan fingerprint density at radius 3 is 3.12 bits per heavy atom. The molecule has 1 heterocycles. The summed E-state index contributed by atoms with van der Waals surface area (Å²) in [6.07, 6.45) is 6.66. The molecule has 0 bridgehead atoms. The number of aryl methyl sites for hydroxylation is 1. The second kappa shape index (κ2) is 7.92. The fourth-order valence-electron chi connectivity index (χ4n) is 1.54. The lowest BCUT2D eigenvalue weighted by Crippen LogP contribution is -2.04. The molecular weight excluding hydrogens is 222 g/mol. The summed E-state index contributed by atoms with van der Waals surface area (Å²) in [5, 5.41) is 16.1. The molecular formula is C11H19N3O3. The first kappa shape index (κ1) is 13.8. The first-order chi connectivity index (χ1) is 8.26. The average molecular weight is 241 g/mol. The van der Waals surface area contributed by atoms with Gasteiger partial charge in [-0.1, -0.05) is 18.6 Å². The number of aromatic nitrogens is 3. The molecule has 6 heteroatoms. The largest absolute Gasteiger partial charge is 0.303 e. The molecule has 0 radical (unpaired) electrons. The quantitative estimate of drug-likeness (QED) is 0.305. The summed E-state index contributed by atoms with van der Waals surface area (Å²) >= 11 is 0. The maximum atomic E-state index is 10.4. The lowest BCUT2D eigenvalue weighted by atomic mass is 10.0. The molecule has 96 valence electrons. The zero-order valence-corrected chi connectivity index (χ0v) is 10.1. The van der Waals surface area contributed by atoms with Gasteiger partial charge in [-0.05, 0) is 19.3 Å². The molecule has 1 unspecified atom stereocenters. The van der Waals surface area contributed by atoms with Crippen LogP contribution in [-0.4, -0.2) is 33.1 Å². The number of aldehydes is 1. The van der Waals surface area contributed by atoms with E-state index >= 15 is 0 Å². The maximum absolute atomic E-state index is 10.4. The van der Waals surface area contributed by atoms with Crippen LogP contribution in [0.25, 0.3) is 0 Å². The number of nitrogens with zero attached hydrogens (tertiary/aromatic N) is 3. The van der Waals surface area contributed by atoms with Crippen LogP contribution in [0.2, 0.25) is 0 Å². The predicted molar refractivity (Wildman–Crippen MR) is 61.4 cm³/mol. The highest BCUT2D eigenvalue weighted by Crippen LogP contribution is 2.08. The van der Waals surface area contributed by atoms with Crippen LogP contribution in [0.15, 0.2) is 6.20 Å². The fraction of sp³-hybridized carbons (Fsp3) is 0.727. The van der Waals surface area contributed by atoms with Gasteiger partial charge in [-0.25, -0.2) is 9.57 Å². The van der Waals surface area contributed by atoms with Gasteiger partial charge in [-0.3, -0.25) is 5.26 Å². The first-order valence-corrected chi connectivity index (χ1v) is 5.87. The monoisotopic (exact) mass is 241 g/mol. The van der Waals surface area contributed by atoms with E-state index in [2.05, 4.69) is 15.2 Å². The van der Waals surface area contributed by atoms with Crippen LogP contribution in [0.5, 0.6) is 0 Å². The molecule has 0 aliphatic rings. The summed E-state index contributed by atoms with van der Waals surface area (Å²) in [5.41, 5.74) is 0.932. The van der Waals surface area contributed by atoms with Crippen molar-refractivity contribution in [3.8, 4) is 0 Å². The van der Waals surface area contributed by atoms with Crippen molar-refractivity contribution in [2.45, 2.75) is 39.2 Å². The Bertz CT molecular complexity index is 328. The smallest absolute Gasteiger partial charge is 0.122 e. The summed E-state index contributed by atoms with van der Waals surface area (Å²) in [6.45, 7) is 2.63. The number of rotatable bonds is 9. The van der Waals surface area contributed by atoms with Crippen LogP contribution in [0, 0.1) is 5.92 Å². The summed E-state index contributed by atoms with van der Waals surface area (Å²) in [7, 11) is 0. The SMILES string of the molecule is CC(C=O)CCCCc1cn(CCOO)nn1. The summed E-state index contributed by atoms with van der Waals surface area (Å²) in [6, 6.07) is 0. The van der Waals surface area contributed by atoms with Crippen molar-refractivity contribution in [2.75, 3.05) is 6.61 Å². The molecule has 6 nitrogen and oxygen atoms in total. The highest BCUT2D eigenvalue weighted by atomic mass is 17.1. The Hall–Kier alpha value is -1.27. The molecule has 1 atom stereocenters. The zero-order chi connectivity index (χ0) is 12.5. The fourth-order valence-corrected chi connectivity index (χ4v) is 1.54. The normalized spacial score (nSPS) is 12.6. The van der Waals surface area contributed by atoms with Gasteiger partial charge < -0.3 is 4.79 Å². The molecule has 0 aliphatic carbocycles. The minimum absolute atomic E-state index is 0.146. The lowest BCUT2D eigenvalue weighted by molar-refractivity contribution is -0.244. The third kappa shape index (κ3) is 5.55. The van der Waals surface area contributed by atoms with E-state index in [9.17, 15) is 4.79 Å². The van der Waals surface area contributed by atoms with Gasteiger partial charge in [0.2, 0.25) is 0 Å². The van der Waals surface area contributed by atoms with Gasteiger partial charge >= 0.3 is 0 Å². The van der Waals surface area contributed by atoms with Crippen molar-refractivity contribution in [3.05, 3.63) is 11.9 Å². The predicted octanol–water partition coefficient (Wildman–Crippen LogP) is 1.32. The first-order valence-electron chi connectivity index (χ1n) is 5.87. The van der Waals surface area contributed by atoms with Crippen molar-refractivity contribution < 1.29 is 14.9 Å². The van der Waals surface area contributed by atoms with Crippen molar-refractivity contribution in [3.63, 3.8) is 0 Å². The number of hydrogen-bond donors (Lipinski definition) is 1. The van der Waals surface area contributed by atoms with Gasteiger partial charge in [0.25, 0.3) is 0 Å². The maximum Gasteiger partial charge on any atom is 0.122 e. The van der Waals surface area contributed by atoms with Crippen LogP contribution in [-0.2, 0) is 22.6 Å². The second-order valence-electron chi connectivity index (χ2n) is 4.17. The number of carbonyl (C=O) groups excluding carboxylic acids is 1. The van der Waals surface area contributed by atoms with E-state index in [1.54, 1.807) is 4.68 Å². The number of unbranched alkanes of at least 4 members (excludes halogenated alkanes) is 1. The Labute approximate surface area is 101 Å². The van der Waals surface area contributed by atoms with Crippen LogP contribution in [0.4, 0.5) is 0 Å². The Balaban J connectivity index is 2.18. The molecule has 0 spiro atoms. The molecule has 0 saturated heterocycles. The Kier molecular flexibility index (Phi) is 6.42. The van der Waals surface area contributed by atoms with Crippen LogP contribution < -0.4 is 0 Å². The average Bonchev–Trinajstić information content (AvgIpc) is 2.79. The molecule has 0 fully saturated rings. The summed E-state index contributed by atoms with van der Waals surface area (Å²) < 4.78 is 1.64. The van der Waals surface area contributed by atoms with E-state index in [-0.39, 0.29) is 12.5 Å². The highest BCUT2D eigenvalue weighted by molar-refractivity contribution is 5.52. The van der Waals surface area contributed by atoms with Crippen LogP contribution in [0.1, 0.15) is 31.9 Å². The van der Waals surface area contributed by atoms with E-state index in [1.807, 2.05) is 13.1 Å². The van der Waals surface area contributed by atoms with E-state index in [4.69, 9.17) is 5.26 Å². The van der Waals surface area contributed by atoms with Crippen molar-refractivity contribution >= 4 is 6.29 Å². The summed E-state index contributed by atoms with van der Waals surface area (Å²) in [4.78, 5) is 14.4. The Morgan fingerprint density at radius 1 is 1.59 bits per heavy atom. The molecule has 1 N–H and O–H groups in total. The number of carbonyl (C=O) groups is 1. The minimum atomic E-state index is 0.146. The van der Waals surface area contributed by atoms with Crippen molar-refractivity contribution in [1.29, 1.82) is 0 Å². The van der Waals surface area contributed by atoms with Crippen molar-refractivity contribution in [1.82, 2.24) is 15.0 Å². The molecule has 0 aliphatic heterocycles. The summed E-state index contributed by atoms with van der Waals surface area (Å²) in [5.74, 6) is 0.146. The second-order valence-corrected chi connectivity index (χ2v) is 4.17. The van der Waals surface area contributed by atoms with E-state index in [0.717, 1.165) is 37.7 Å². The molecule has 0 amide bonds. The molecule has 0 saturated carbocycles. The third-order valence-corrected chi connectivity index (χ3v) is 2.57. The minimum Gasteiger partial charge on any atom is -0.303 e. The Morgan fingerprint density at radius 2 is 2.41 bits per heavy atom. The van der Waals surface area contributed by atoms with Crippen molar-refractivity contribution in [2.24, 2.45) is 5.92 Å². The molecule has 0 aromatic carbocycles. The van der Waals surface area contributed by atoms with Gasteiger partial charge in [-0.15, -0.1) is 5.10 Å². The van der Waals surface area contributed by atoms with Gasteiger partial charge in [0.15, 0.2) is 0 Å². The molecule has 1 aromatic heterocycles. The van der Waals surface area contributed by atoms with Gasteiger partial charge in [0.1, 0.15) is 12.9 Å². The molecule has 17 heavy (non-hydrogen) atoms. The van der Waals surface area contributed by atoms with Gasteiger partial charge in [0.05, 0.1) is 12.2 Å². The standard InChI is InChI=1S/C11H19N3O3/c1-10(9-15)4-2-3-5-11-8-14(13-12-11)6-7-17-16/h8-10,16H,2-7H2,1H3. The highest BCUT2D eigenvalue weighted by Gasteiger charge is 2.02. The van der Waals surface area contributed by atoms with Gasteiger partial charge in [-0.2, -0.15) is 0 Å². The van der Waals surface area contributed by atoms with E-state index in [1.165, 1.54) is 0 Å². The topological polar surface area (TPSA) is 77.2 Å². The zero-order valence-electron chi connectivity index (χ0n) is 10.1. The third-order valence-electron chi connectivity index (χ3n) is 2.57. The number of hydrogen-bond acceptors (Lipinski definition) is 5. The van der Waals surface area contributed by atoms with E-state index in [0.29, 0.717) is 6.54 Å². The van der Waals surface area contributed by atoms with Crippen LogP contribution >= 0.6 is 0 Å². The lowest BCUT2D eigenvalue weighted by Gasteiger charge is -2.01. The molecule has 1 aromatic rings. The van der Waals surface area contributed by atoms with Gasteiger partial charge in [0, 0.05) is 12.1 Å². The van der Waals surface area contributed by atoms with E-state index < -0.39 is 0 Å². The van der Waals surface area contributed by atoms with Crippen LogP contribution in [0.3, 0.4) is 0 Å². The molecule has 1 rings (SSSR count).